The fraction of sp³-hybridized carbons (Fsp3) is 0.286. The number of ether oxygens (including phenoxy) is 2. The van der Waals surface area contributed by atoms with Crippen LogP contribution in [-0.2, 0) is 6.42 Å². The van der Waals surface area contributed by atoms with E-state index >= 15 is 0 Å². The number of rotatable bonds is 8. The van der Waals surface area contributed by atoms with Crippen LogP contribution in [0, 0.1) is 6.92 Å². The molecule has 28 heavy (non-hydrogen) atoms. The maximum atomic E-state index is 5.36. The second-order valence-corrected chi connectivity index (χ2v) is 6.38. The van der Waals surface area contributed by atoms with Gasteiger partial charge in [0.15, 0.2) is 11.5 Å². The van der Waals surface area contributed by atoms with E-state index in [0.29, 0.717) is 17.3 Å². The van der Waals surface area contributed by atoms with E-state index < -0.39 is 0 Å². The Morgan fingerprint density at radius 2 is 1.71 bits per heavy atom. The van der Waals surface area contributed by atoms with E-state index in [1.54, 1.807) is 14.2 Å². The summed E-state index contributed by atoms with van der Waals surface area (Å²) < 4.78 is 10.6. The molecule has 0 radical (unpaired) electrons. The largest absolute Gasteiger partial charge is 0.493 e. The topological polar surface area (TPSA) is 72.4 Å². The molecule has 2 heterocycles. The summed E-state index contributed by atoms with van der Waals surface area (Å²) in [7, 11) is 5.27. The van der Waals surface area contributed by atoms with Crippen LogP contribution in [0.1, 0.15) is 11.4 Å². The molecule has 2 aromatic heterocycles. The normalized spacial score (nSPS) is 10.4. The van der Waals surface area contributed by atoms with Crippen LogP contribution in [0.25, 0.3) is 0 Å². The number of likely N-dealkylation sites (N-methyl/N-ethyl adjacent to an activating group) is 1. The molecular weight excluding hydrogens is 354 g/mol. The number of benzene rings is 1. The quantitative estimate of drug-likeness (QED) is 0.641. The lowest BCUT2D eigenvalue weighted by Crippen LogP contribution is -2.22. The second kappa shape index (κ2) is 9.03. The van der Waals surface area contributed by atoms with E-state index in [1.807, 2.05) is 62.8 Å². The summed E-state index contributed by atoms with van der Waals surface area (Å²) in [6, 6.07) is 11.7. The Kier molecular flexibility index (Phi) is 6.26. The van der Waals surface area contributed by atoms with Crippen molar-refractivity contribution >= 4 is 17.3 Å². The van der Waals surface area contributed by atoms with E-state index in [2.05, 4.69) is 25.2 Å². The fourth-order valence-electron chi connectivity index (χ4n) is 2.83. The Morgan fingerprint density at radius 3 is 2.43 bits per heavy atom. The molecule has 146 valence electrons. The number of anilines is 3. The molecule has 0 amide bonds. The van der Waals surface area contributed by atoms with Crippen LogP contribution in [0.3, 0.4) is 0 Å². The fourth-order valence-corrected chi connectivity index (χ4v) is 2.83. The molecule has 0 fully saturated rings. The van der Waals surface area contributed by atoms with E-state index in [4.69, 9.17) is 9.47 Å². The first kappa shape index (κ1) is 19.4. The van der Waals surface area contributed by atoms with Gasteiger partial charge in [-0.3, -0.25) is 4.98 Å². The van der Waals surface area contributed by atoms with Crippen LogP contribution in [-0.4, -0.2) is 42.8 Å². The standard InChI is InChI=1S/C21H25N5O2/c1-15-23-20(25-17-5-6-18(27-3)19(13-17)28-4)14-21(24-15)26(2)12-9-16-7-10-22-11-8-16/h5-8,10-11,13-14H,9,12H2,1-4H3,(H,23,24,25). The number of nitrogens with one attached hydrogen (secondary N) is 1. The molecule has 0 unspecified atom stereocenters. The molecule has 1 N–H and O–H groups in total. The molecular formula is C21H25N5O2. The molecule has 1 aromatic carbocycles. The summed E-state index contributed by atoms with van der Waals surface area (Å²) in [4.78, 5) is 15.2. The molecule has 0 aliphatic rings. The SMILES string of the molecule is COc1ccc(Nc2cc(N(C)CCc3ccncc3)nc(C)n2)cc1OC. The van der Waals surface area contributed by atoms with Crippen LogP contribution >= 0.6 is 0 Å². The van der Waals surface area contributed by atoms with Gasteiger partial charge < -0.3 is 19.7 Å². The average molecular weight is 379 g/mol. The monoisotopic (exact) mass is 379 g/mol. The summed E-state index contributed by atoms with van der Waals surface area (Å²) in [5.41, 5.74) is 2.11. The minimum atomic E-state index is 0.660. The van der Waals surface area contributed by atoms with E-state index in [1.165, 1.54) is 5.56 Å². The molecule has 0 aliphatic carbocycles. The maximum absolute atomic E-state index is 5.36. The molecule has 0 aliphatic heterocycles. The van der Waals surface area contributed by atoms with Crippen LogP contribution < -0.4 is 19.7 Å². The highest BCUT2D eigenvalue weighted by Gasteiger charge is 2.09. The van der Waals surface area contributed by atoms with Crippen molar-refractivity contribution in [2.75, 3.05) is 38.0 Å². The Labute approximate surface area is 165 Å². The highest BCUT2D eigenvalue weighted by molar-refractivity contribution is 5.63. The van der Waals surface area contributed by atoms with E-state index in [-0.39, 0.29) is 0 Å². The third-order valence-corrected chi connectivity index (χ3v) is 4.36. The van der Waals surface area contributed by atoms with Crippen molar-refractivity contribution in [2.45, 2.75) is 13.3 Å². The van der Waals surface area contributed by atoms with Crippen molar-refractivity contribution in [1.29, 1.82) is 0 Å². The number of aryl methyl sites for hydroxylation is 1. The molecule has 0 saturated carbocycles. The first-order valence-corrected chi connectivity index (χ1v) is 9.04. The minimum absolute atomic E-state index is 0.660. The number of pyridine rings is 1. The Hall–Kier alpha value is -3.35. The van der Waals surface area contributed by atoms with Crippen molar-refractivity contribution in [2.24, 2.45) is 0 Å². The number of nitrogens with zero attached hydrogens (tertiary/aromatic N) is 4. The van der Waals surface area contributed by atoms with Crippen molar-refractivity contribution < 1.29 is 9.47 Å². The lowest BCUT2D eigenvalue weighted by Gasteiger charge is -2.19. The number of aromatic nitrogens is 3. The summed E-state index contributed by atoms with van der Waals surface area (Å²) in [5, 5.41) is 3.32. The Balaban J connectivity index is 1.74. The Morgan fingerprint density at radius 1 is 0.964 bits per heavy atom. The second-order valence-electron chi connectivity index (χ2n) is 6.38. The lowest BCUT2D eigenvalue weighted by molar-refractivity contribution is 0.355. The number of methoxy groups -OCH3 is 2. The first-order valence-electron chi connectivity index (χ1n) is 9.04. The molecule has 0 spiro atoms. The number of hydrogen-bond acceptors (Lipinski definition) is 7. The van der Waals surface area contributed by atoms with Gasteiger partial charge in [-0.1, -0.05) is 0 Å². The van der Waals surface area contributed by atoms with Crippen molar-refractivity contribution in [3.8, 4) is 11.5 Å². The highest BCUT2D eigenvalue weighted by Crippen LogP contribution is 2.31. The van der Waals surface area contributed by atoms with Crippen LogP contribution in [0.15, 0.2) is 48.8 Å². The van der Waals surface area contributed by atoms with Gasteiger partial charge in [0.1, 0.15) is 17.5 Å². The Bertz CT molecular complexity index is 918. The molecule has 0 saturated heterocycles. The van der Waals surface area contributed by atoms with Gasteiger partial charge in [-0.15, -0.1) is 0 Å². The zero-order valence-corrected chi connectivity index (χ0v) is 16.6. The van der Waals surface area contributed by atoms with E-state index in [9.17, 15) is 0 Å². The third kappa shape index (κ3) is 4.88. The van der Waals surface area contributed by atoms with Crippen LogP contribution in [0.5, 0.6) is 11.5 Å². The summed E-state index contributed by atoms with van der Waals surface area (Å²) in [5.74, 6) is 3.64. The van der Waals surface area contributed by atoms with Crippen LogP contribution in [0.4, 0.5) is 17.3 Å². The van der Waals surface area contributed by atoms with Gasteiger partial charge in [-0.2, -0.15) is 0 Å². The first-order chi connectivity index (χ1) is 13.6. The predicted molar refractivity (Wildman–Crippen MR) is 111 cm³/mol. The van der Waals surface area contributed by atoms with Gasteiger partial charge in [0.25, 0.3) is 0 Å². The highest BCUT2D eigenvalue weighted by atomic mass is 16.5. The molecule has 0 bridgehead atoms. The third-order valence-electron chi connectivity index (χ3n) is 4.36. The molecule has 7 nitrogen and oxygen atoms in total. The summed E-state index contributed by atoms with van der Waals surface area (Å²) >= 11 is 0. The molecule has 7 heteroatoms. The van der Waals surface area contributed by atoms with Gasteiger partial charge in [-0.05, 0) is 43.2 Å². The average Bonchev–Trinajstić information content (AvgIpc) is 2.72. The van der Waals surface area contributed by atoms with Gasteiger partial charge in [0.2, 0.25) is 0 Å². The lowest BCUT2D eigenvalue weighted by atomic mass is 10.2. The van der Waals surface area contributed by atoms with Gasteiger partial charge >= 0.3 is 0 Å². The smallest absolute Gasteiger partial charge is 0.162 e. The zero-order chi connectivity index (χ0) is 19.9. The van der Waals surface area contributed by atoms with Gasteiger partial charge in [0, 0.05) is 43.8 Å². The summed E-state index contributed by atoms with van der Waals surface area (Å²) in [6.07, 6.45) is 4.55. The van der Waals surface area contributed by atoms with Crippen molar-refractivity contribution in [1.82, 2.24) is 15.0 Å². The van der Waals surface area contributed by atoms with Gasteiger partial charge in [0.05, 0.1) is 14.2 Å². The van der Waals surface area contributed by atoms with Crippen molar-refractivity contribution in [3.05, 3.63) is 60.2 Å². The molecule has 3 rings (SSSR count). The molecule has 0 atom stereocenters. The number of hydrogen-bond donors (Lipinski definition) is 1. The molecule has 3 aromatic rings. The maximum Gasteiger partial charge on any atom is 0.162 e. The van der Waals surface area contributed by atoms with Crippen LogP contribution in [0.2, 0.25) is 0 Å². The van der Waals surface area contributed by atoms with Gasteiger partial charge in [-0.25, -0.2) is 9.97 Å². The minimum Gasteiger partial charge on any atom is -0.493 e. The zero-order valence-electron chi connectivity index (χ0n) is 16.6. The summed E-state index contributed by atoms with van der Waals surface area (Å²) in [6.45, 7) is 2.73. The van der Waals surface area contributed by atoms with E-state index in [0.717, 1.165) is 30.3 Å². The predicted octanol–water partition coefficient (Wildman–Crippen LogP) is 3.62. The van der Waals surface area contributed by atoms with Crippen molar-refractivity contribution in [3.63, 3.8) is 0 Å².